The molecule has 0 aliphatic carbocycles. The maximum absolute atomic E-state index is 4.42. The lowest BCUT2D eigenvalue weighted by Crippen LogP contribution is -2.04. The topological polar surface area (TPSA) is 50.2 Å². The van der Waals surface area contributed by atoms with Gasteiger partial charge >= 0.3 is 0 Å². The van der Waals surface area contributed by atoms with E-state index >= 15 is 0 Å². The molecule has 2 aromatic rings. The highest BCUT2D eigenvalue weighted by Gasteiger charge is 2.01. The fourth-order valence-corrected chi connectivity index (χ4v) is 2.04. The third kappa shape index (κ3) is 4.12. The van der Waals surface area contributed by atoms with Crippen LogP contribution in [0.5, 0.6) is 0 Å². The van der Waals surface area contributed by atoms with E-state index in [4.69, 9.17) is 0 Å². The summed E-state index contributed by atoms with van der Waals surface area (Å²) in [4.78, 5) is 8.76. The van der Waals surface area contributed by atoms with E-state index in [1.807, 2.05) is 19.9 Å². The number of rotatable bonds is 5. The van der Waals surface area contributed by atoms with Gasteiger partial charge in [-0.2, -0.15) is 5.10 Å². The summed E-state index contributed by atoms with van der Waals surface area (Å²) in [7, 11) is 0. The molecule has 0 aliphatic rings. The Balaban J connectivity index is 2.13. The molecule has 4 heteroatoms. The lowest BCUT2D eigenvalue weighted by Gasteiger charge is -2.06. The minimum Gasteiger partial charge on any atom is -0.245 e. The van der Waals surface area contributed by atoms with Crippen molar-refractivity contribution in [3.63, 3.8) is 0 Å². The predicted octanol–water partition coefficient (Wildman–Crippen LogP) is 3.75. The minimum atomic E-state index is 0.552. The Hall–Kier alpha value is -2.23. The second-order valence-corrected chi connectivity index (χ2v) is 5.04. The molecule has 1 N–H and O–H groups in total. The van der Waals surface area contributed by atoms with Crippen molar-refractivity contribution in [1.29, 1.82) is 0 Å². The molecule has 0 bridgehead atoms. The van der Waals surface area contributed by atoms with E-state index in [1.165, 1.54) is 5.56 Å². The first-order valence-corrected chi connectivity index (χ1v) is 7.36. The Kier molecular flexibility index (Phi) is 5.04. The Morgan fingerprint density at radius 1 is 1.10 bits per heavy atom. The number of hydrazone groups is 1. The van der Waals surface area contributed by atoms with Crippen molar-refractivity contribution >= 4 is 11.7 Å². The van der Waals surface area contributed by atoms with E-state index in [-0.39, 0.29) is 0 Å². The zero-order chi connectivity index (χ0) is 15.2. The van der Waals surface area contributed by atoms with Crippen molar-refractivity contribution in [2.75, 3.05) is 5.43 Å². The van der Waals surface area contributed by atoms with Gasteiger partial charge in [-0.15, -0.1) is 0 Å². The lowest BCUT2D eigenvalue weighted by atomic mass is 10.1. The third-order valence-electron chi connectivity index (χ3n) is 3.37. The average molecular weight is 282 g/mol. The summed E-state index contributed by atoms with van der Waals surface area (Å²) in [6, 6.07) is 10.4. The smallest absolute Gasteiger partial charge is 0.243 e. The number of anilines is 1. The van der Waals surface area contributed by atoms with Crippen LogP contribution >= 0.6 is 0 Å². The summed E-state index contributed by atoms with van der Waals surface area (Å²) in [5.41, 5.74) is 8.27. The predicted molar refractivity (Wildman–Crippen MR) is 87.8 cm³/mol. The van der Waals surface area contributed by atoms with Gasteiger partial charge in [0.05, 0.1) is 5.71 Å². The van der Waals surface area contributed by atoms with Gasteiger partial charge in [0.1, 0.15) is 0 Å². The summed E-state index contributed by atoms with van der Waals surface area (Å²) in [6.07, 6.45) is 1.94. The molecule has 21 heavy (non-hydrogen) atoms. The molecule has 0 aliphatic heterocycles. The van der Waals surface area contributed by atoms with Gasteiger partial charge < -0.3 is 0 Å². The molecule has 0 spiro atoms. The van der Waals surface area contributed by atoms with Gasteiger partial charge in [-0.25, -0.2) is 15.4 Å². The molecule has 0 fully saturated rings. The van der Waals surface area contributed by atoms with Gasteiger partial charge in [-0.05, 0) is 43.9 Å². The highest BCUT2D eigenvalue weighted by molar-refractivity contribution is 5.99. The van der Waals surface area contributed by atoms with Gasteiger partial charge in [0.25, 0.3) is 0 Å². The second-order valence-electron chi connectivity index (χ2n) is 5.04. The maximum Gasteiger partial charge on any atom is 0.243 e. The number of hydrogen-bond donors (Lipinski definition) is 1. The van der Waals surface area contributed by atoms with Crippen LogP contribution < -0.4 is 5.43 Å². The molecule has 1 aromatic heterocycles. The largest absolute Gasteiger partial charge is 0.245 e. The highest BCUT2D eigenvalue weighted by Crippen LogP contribution is 2.08. The number of nitrogens with zero attached hydrogens (tertiary/aromatic N) is 3. The SMILES string of the molecule is CCc1ccc(C(C)=NNc2nc(C)cc(CC)n2)cc1. The van der Waals surface area contributed by atoms with Crippen LogP contribution in [0.3, 0.4) is 0 Å². The van der Waals surface area contributed by atoms with Gasteiger partial charge in [0.15, 0.2) is 0 Å². The van der Waals surface area contributed by atoms with Crippen LogP contribution in [0.2, 0.25) is 0 Å². The van der Waals surface area contributed by atoms with Crippen LogP contribution in [0.1, 0.15) is 43.3 Å². The lowest BCUT2D eigenvalue weighted by molar-refractivity contribution is 0.969. The minimum absolute atomic E-state index is 0.552. The number of aromatic nitrogens is 2. The van der Waals surface area contributed by atoms with Crippen molar-refractivity contribution in [3.05, 3.63) is 52.8 Å². The Morgan fingerprint density at radius 2 is 1.81 bits per heavy atom. The van der Waals surface area contributed by atoms with Crippen molar-refractivity contribution in [1.82, 2.24) is 9.97 Å². The normalized spacial score (nSPS) is 11.5. The number of benzene rings is 1. The molecule has 110 valence electrons. The van der Waals surface area contributed by atoms with Gasteiger partial charge in [-0.1, -0.05) is 38.1 Å². The van der Waals surface area contributed by atoms with Gasteiger partial charge in [0, 0.05) is 11.4 Å². The van der Waals surface area contributed by atoms with E-state index < -0.39 is 0 Å². The molecule has 0 amide bonds. The van der Waals surface area contributed by atoms with Gasteiger partial charge in [0.2, 0.25) is 5.95 Å². The second kappa shape index (κ2) is 6.97. The van der Waals surface area contributed by atoms with Gasteiger partial charge in [-0.3, -0.25) is 0 Å². The number of aryl methyl sites for hydroxylation is 3. The Morgan fingerprint density at radius 3 is 2.43 bits per heavy atom. The third-order valence-corrected chi connectivity index (χ3v) is 3.37. The van der Waals surface area contributed by atoms with Crippen LogP contribution in [-0.4, -0.2) is 15.7 Å². The average Bonchev–Trinajstić information content (AvgIpc) is 2.52. The first-order chi connectivity index (χ1) is 10.1. The molecule has 0 saturated heterocycles. The maximum atomic E-state index is 4.42. The number of nitrogens with one attached hydrogen (secondary N) is 1. The molecular weight excluding hydrogens is 260 g/mol. The molecule has 2 rings (SSSR count). The summed E-state index contributed by atoms with van der Waals surface area (Å²) in [6.45, 7) is 8.17. The van der Waals surface area contributed by atoms with E-state index in [2.05, 4.69) is 58.6 Å². The molecule has 0 saturated carbocycles. The molecule has 0 unspecified atom stereocenters. The van der Waals surface area contributed by atoms with Crippen LogP contribution in [0, 0.1) is 6.92 Å². The number of hydrogen-bond acceptors (Lipinski definition) is 4. The van der Waals surface area contributed by atoms with Crippen molar-refractivity contribution in [3.8, 4) is 0 Å². The molecule has 1 aromatic carbocycles. The standard InChI is InChI=1S/C17H22N4/c1-5-14-7-9-15(10-8-14)13(4)20-21-17-18-12(3)11-16(6-2)19-17/h7-11H,5-6H2,1-4H3,(H,18,19,21). The first-order valence-electron chi connectivity index (χ1n) is 7.36. The molecule has 4 nitrogen and oxygen atoms in total. The Labute approximate surface area is 126 Å². The van der Waals surface area contributed by atoms with E-state index in [9.17, 15) is 0 Å². The zero-order valence-corrected chi connectivity index (χ0v) is 13.1. The fraction of sp³-hybridized carbons (Fsp3) is 0.353. The quantitative estimate of drug-likeness (QED) is 0.671. The summed E-state index contributed by atoms with van der Waals surface area (Å²) in [5.74, 6) is 0.552. The van der Waals surface area contributed by atoms with E-state index in [0.717, 1.165) is 35.5 Å². The highest BCUT2D eigenvalue weighted by atomic mass is 15.4. The van der Waals surface area contributed by atoms with E-state index in [0.29, 0.717) is 5.95 Å². The van der Waals surface area contributed by atoms with Crippen molar-refractivity contribution in [2.45, 2.75) is 40.5 Å². The molecule has 0 radical (unpaired) electrons. The molecule has 1 heterocycles. The van der Waals surface area contributed by atoms with Crippen LogP contribution in [0.4, 0.5) is 5.95 Å². The Bertz CT molecular complexity index is 630. The first kappa shape index (κ1) is 15.2. The molecule has 0 atom stereocenters. The van der Waals surface area contributed by atoms with Crippen molar-refractivity contribution in [2.24, 2.45) is 5.10 Å². The van der Waals surface area contributed by atoms with Crippen LogP contribution in [0.25, 0.3) is 0 Å². The van der Waals surface area contributed by atoms with Crippen molar-refractivity contribution < 1.29 is 0 Å². The molecular formula is C17H22N4. The summed E-state index contributed by atoms with van der Waals surface area (Å²) < 4.78 is 0. The summed E-state index contributed by atoms with van der Waals surface area (Å²) >= 11 is 0. The van der Waals surface area contributed by atoms with Crippen LogP contribution in [-0.2, 0) is 12.8 Å². The van der Waals surface area contributed by atoms with Crippen LogP contribution in [0.15, 0.2) is 35.4 Å². The fourth-order valence-electron chi connectivity index (χ4n) is 2.04. The monoisotopic (exact) mass is 282 g/mol. The summed E-state index contributed by atoms with van der Waals surface area (Å²) in [5, 5.41) is 4.38. The zero-order valence-electron chi connectivity index (χ0n) is 13.1. The van der Waals surface area contributed by atoms with E-state index in [1.54, 1.807) is 0 Å².